The standard InChI is InChI=1S/C24H22N2O2/c1-5-9-23(19-11-7-13-21(15-19)25-17(3)27)24(10-6-2)20-12-8-14-22(16-20)26-18(4)28/h7-8,11-16H,1-4H3,(H,25,27)(H,26,28)/b24-23+. The van der Waals surface area contributed by atoms with Crippen molar-refractivity contribution in [2.45, 2.75) is 27.7 Å². The second-order valence-electron chi connectivity index (χ2n) is 6.02. The summed E-state index contributed by atoms with van der Waals surface area (Å²) >= 11 is 0. The minimum Gasteiger partial charge on any atom is -0.326 e. The van der Waals surface area contributed by atoms with Gasteiger partial charge < -0.3 is 10.6 Å². The summed E-state index contributed by atoms with van der Waals surface area (Å²) in [4.78, 5) is 22.8. The van der Waals surface area contributed by atoms with Gasteiger partial charge in [-0.2, -0.15) is 0 Å². The highest BCUT2D eigenvalue weighted by Gasteiger charge is 2.11. The van der Waals surface area contributed by atoms with Gasteiger partial charge in [-0.1, -0.05) is 36.1 Å². The maximum absolute atomic E-state index is 11.4. The van der Waals surface area contributed by atoms with Crippen molar-refractivity contribution in [1.82, 2.24) is 0 Å². The molecular weight excluding hydrogens is 348 g/mol. The minimum atomic E-state index is -0.138. The Morgan fingerprint density at radius 1 is 0.714 bits per heavy atom. The van der Waals surface area contributed by atoms with Crippen molar-refractivity contribution in [2.75, 3.05) is 10.6 Å². The van der Waals surface area contributed by atoms with Gasteiger partial charge in [-0.15, -0.1) is 11.8 Å². The van der Waals surface area contributed by atoms with Crippen molar-refractivity contribution >= 4 is 34.3 Å². The first kappa shape index (κ1) is 20.6. The van der Waals surface area contributed by atoms with Crippen LogP contribution in [-0.2, 0) is 9.59 Å². The van der Waals surface area contributed by atoms with E-state index in [9.17, 15) is 9.59 Å². The SMILES string of the molecule is CC#C/C(=C(/C#CC)c1cccc(NC(C)=O)c1)c1cccc(NC(C)=O)c1. The van der Waals surface area contributed by atoms with Crippen LogP contribution in [-0.4, -0.2) is 11.8 Å². The molecule has 0 spiro atoms. The molecule has 0 aliphatic heterocycles. The first-order chi connectivity index (χ1) is 13.4. The molecule has 0 atom stereocenters. The largest absolute Gasteiger partial charge is 0.326 e. The van der Waals surface area contributed by atoms with Gasteiger partial charge in [-0.3, -0.25) is 9.59 Å². The molecule has 0 saturated heterocycles. The Hall–Kier alpha value is -3.76. The Morgan fingerprint density at radius 3 is 1.43 bits per heavy atom. The average Bonchev–Trinajstić information content (AvgIpc) is 2.64. The summed E-state index contributed by atoms with van der Waals surface area (Å²) in [5.74, 6) is 11.9. The van der Waals surface area contributed by atoms with Crippen LogP contribution in [0.15, 0.2) is 48.5 Å². The molecule has 0 unspecified atom stereocenters. The monoisotopic (exact) mass is 370 g/mol. The number of allylic oxidation sites excluding steroid dienone is 2. The van der Waals surface area contributed by atoms with Gasteiger partial charge in [0.1, 0.15) is 0 Å². The van der Waals surface area contributed by atoms with E-state index >= 15 is 0 Å². The number of anilines is 2. The highest BCUT2D eigenvalue weighted by atomic mass is 16.2. The van der Waals surface area contributed by atoms with Crippen LogP contribution < -0.4 is 10.6 Å². The topological polar surface area (TPSA) is 58.2 Å². The van der Waals surface area contributed by atoms with E-state index in [2.05, 4.69) is 34.3 Å². The number of benzene rings is 2. The molecule has 0 bridgehead atoms. The lowest BCUT2D eigenvalue weighted by Gasteiger charge is -2.11. The quantitative estimate of drug-likeness (QED) is 0.612. The van der Waals surface area contributed by atoms with Crippen molar-refractivity contribution < 1.29 is 9.59 Å². The minimum absolute atomic E-state index is 0.138. The van der Waals surface area contributed by atoms with E-state index in [1.54, 1.807) is 13.8 Å². The molecule has 140 valence electrons. The van der Waals surface area contributed by atoms with E-state index in [0.29, 0.717) is 11.4 Å². The fourth-order valence-electron chi connectivity index (χ4n) is 2.72. The number of hydrogen-bond donors (Lipinski definition) is 2. The molecule has 0 aliphatic rings. The van der Waals surface area contributed by atoms with E-state index in [1.165, 1.54) is 13.8 Å². The van der Waals surface area contributed by atoms with E-state index in [0.717, 1.165) is 22.3 Å². The third kappa shape index (κ3) is 5.62. The molecule has 28 heavy (non-hydrogen) atoms. The van der Waals surface area contributed by atoms with Gasteiger partial charge in [0, 0.05) is 36.4 Å². The van der Waals surface area contributed by atoms with Crippen LogP contribution in [0.25, 0.3) is 11.1 Å². The van der Waals surface area contributed by atoms with Crippen LogP contribution in [0, 0.1) is 23.7 Å². The molecule has 0 heterocycles. The summed E-state index contributed by atoms with van der Waals surface area (Å²) in [6.45, 7) is 6.47. The van der Waals surface area contributed by atoms with Gasteiger partial charge in [-0.05, 0) is 49.2 Å². The van der Waals surface area contributed by atoms with E-state index in [-0.39, 0.29) is 11.8 Å². The van der Waals surface area contributed by atoms with Crippen molar-refractivity contribution in [1.29, 1.82) is 0 Å². The summed E-state index contributed by atoms with van der Waals surface area (Å²) < 4.78 is 0. The predicted octanol–water partition coefficient (Wildman–Crippen LogP) is 4.56. The second-order valence-corrected chi connectivity index (χ2v) is 6.02. The molecule has 4 heteroatoms. The summed E-state index contributed by atoms with van der Waals surface area (Å²) in [5.41, 5.74) is 4.59. The molecule has 2 aromatic carbocycles. The second kappa shape index (κ2) is 9.80. The summed E-state index contributed by atoms with van der Waals surface area (Å²) in [6, 6.07) is 15.0. The maximum atomic E-state index is 11.4. The van der Waals surface area contributed by atoms with Crippen LogP contribution in [0.3, 0.4) is 0 Å². The predicted molar refractivity (Wildman–Crippen MR) is 115 cm³/mol. The van der Waals surface area contributed by atoms with Gasteiger partial charge in [-0.25, -0.2) is 0 Å². The van der Waals surface area contributed by atoms with Crippen molar-refractivity contribution in [3.8, 4) is 23.7 Å². The lowest BCUT2D eigenvalue weighted by atomic mass is 9.94. The van der Waals surface area contributed by atoms with Gasteiger partial charge >= 0.3 is 0 Å². The molecule has 0 aromatic heterocycles. The summed E-state index contributed by atoms with van der Waals surface area (Å²) in [6.07, 6.45) is 0. The Morgan fingerprint density at radius 2 is 1.11 bits per heavy atom. The van der Waals surface area contributed by atoms with Crippen molar-refractivity contribution in [3.05, 3.63) is 59.7 Å². The lowest BCUT2D eigenvalue weighted by molar-refractivity contribution is -0.115. The zero-order valence-corrected chi connectivity index (χ0v) is 16.4. The fraction of sp³-hybridized carbons (Fsp3) is 0.167. The first-order valence-corrected chi connectivity index (χ1v) is 8.80. The smallest absolute Gasteiger partial charge is 0.221 e. The zero-order chi connectivity index (χ0) is 20.5. The van der Waals surface area contributed by atoms with Crippen molar-refractivity contribution in [3.63, 3.8) is 0 Å². The summed E-state index contributed by atoms with van der Waals surface area (Å²) in [5, 5.41) is 5.58. The van der Waals surface area contributed by atoms with E-state index < -0.39 is 0 Å². The van der Waals surface area contributed by atoms with Crippen LogP contribution >= 0.6 is 0 Å². The zero-order valence-electron chi connectivity index (χ0n) is 16.4. The van der Waals surface area contributed by atoms with Crippen LogP contribution in [0.2, 0.25) is 0 Å². The van der Waals surface area contributed by atoms with E-state index in [4.69, 9.17) is 0 Å². The maximum Gasteiger partial charge on any atom is 0.221 e. The Bertz CT molecular complexity index is 971. The molecule has 4 nitrogen and oxygen atoms in total. The number of rotatable bonds is 4. The summed E-state index contributed by atoms with van der Waals surface area (Å²) in [7, 11) is 0. The molecule has 0 saturated carbocycles. The van der Waals surface area contributed by atoms with Gasteiger partial charge in [0.25, 0.3) is 0 Å². The van der Waals surface area contributed by atoms with Gasteiger partial charge in [0.05, 0.1) is 0 Å². The molecule has 2 rings (SSSR count). The fourth-order valence-corrected chi connectivity index (χ4v) is 2.72. The number of carbonyl (C=O) groups is 2. The normalized spacial score (nSPS) is 10.4. The van der Waals surface area contributed by atoms with Crippen LogP contribution in [0.5, 0.6) is 0 Å². The lowest BCUT2D eigenvalue weighted by Crippen LogP contribution is -2.06. The molecule has 2 aromatic rings. The van der Waals surface area contributed by atoms with Gasteiger partial charge in [0.15, 0.2) is 0 Å². The highest BCUT2D eigenvalue weighted by Crippen LogP contribution is 2.29. The Labute approximate surface area is 166 Å². The van der Waals surface area contributed by atoms with Crippen LogP contribution in [0.4, 0.5) is 11.4 Å². The third-order valence-electron chi connectivity index (χ3n) is 3.69. The number of nitrogens with one attached hydrogen (secondary N) is 2. The molecule has 0 radical (unpaired) electrons. The Kier molecular flexibility index (Phi) is 7.20. The Balaban J connectivity index is 2.68. The van der Waals surface area contributed by atoms with Crippen LogP contribution in [0.1, 0.15) is 38.8 Å². The molecule has 2 N–H and O–H groups in total. The van der Waals surface area contributed by atoms with E-state index in [1.807, 2.05) is 48.5 Å². The average molecular weight is 370 g/mol. The molecule has 0 fully saturated rings. The molecule has 0 aliphatic carbocycles. The molecular formula is C24H22N2O2. The number of amides is 2. The highest BCUT2D eigenvalue weighted by molar-refractivity contribution is 6.05. The number of hydrogen-bond acceptors (Lipinski definition) is 2. The molecule has 2 amide bonds. The third-order valence-corrected chi connectivity index (χ3v) is 3.69. The number of carbonyl (C=O) groups excluding carboxylic acids is 2. The van der Waals surface area contributed by atoms with Crippen molar-refractivity contribution in [2.24, 2.45) is 0 Å². The first-order valence-electron chi connectivity index (χ1n) is 8.80. The van der Waals surface area contributed by atoms with Gasteiger partial charge in [0.2, 0.25) is 11.8 Å².